The first kappa shape index (κ1) is 12.0. The van der Waals surface area contributed by atoms with E-state index in [1.807, 2.05) is 6.92 Å². The molecule has 0 spiro atoms. The van der Waals surface area contributed by atoms with Crippen molar-refractivity contribution >= 4 is 5.97 Å². The summed E-state index contributed by atoms with van der Waals surface area (Å²) in [5.74, 6) is -0.438. The van der Waals surface area contributed by atoms with Crippen LogP contribution in [0.4, 0.5) is 0 Å². The first-order chi connectivity index (χ1) is 8.08. The number of carboxylic acids is 1. The quantitative estimate of drug-likeness (QED) is 0.835. The Kier molecular flexibility index (Phi) is 3.36. The molecule has 5 nitrogen and oxygen atoms in total. The van der Waals surface area contributed by atoms with Gasteiger partial charge in [0.15, 0.2) is 0 Å². The molecule has 0 aromatic carbocycles. The Bertz CT molecular complexity index is 453. The van der Waals surface area contributed by atoms with E-state index in [0.717, 1.165) is 31.4 Å². The molecule has 0 aliphatic heterocycles. The summed E-state index contributed by atoms with van der Waals surface area (Å²) in [6.07, 6.45) is 4.98. The number of aromatic nitrogens is 2. The van der Waals surface area contributed by atoms with Gasteiger partial charge in [0.2, 0.25) is 0 Å². The van der Waals surface area contributed by atoms with Crippen LogP contribution in [0.1, 0.15) is 31.4 Å². The van der Waals surface area contributed by atoms with Crippen LogP contribution in [0.3, 0.4) is 0 Å². The van der Waals surface area contributed by atoms with Gasteiger partial charge in [-0.1, -0.05) is 0 Å². The molecule has 0 amide bonds. The molecule has 1 fully saturated rings. The summed E-state index contributed by atoms with van der Waals surface area (Å²) < 4.78 is 1.74. The van der Waals surface area contributed by atoms with Crippen LogP contribution < -0.4 is 5.69 Å². The van der Waals surface area contributed by atoms with Crippen molar-refractivity contribution < 1.29 is 9.90 Å². The number of aryl methyl sites for hydroxylation is 1. The zero-order valence-corrected chi connectivity index (χ0v) is 9.98. The van der Waals surface area contributed by atoms with Crippen LogP contribution in [0.5, 0.6) is 0 Å². The summed E-state index contributed by atoms with van der Waals surface area (Å²) in [7, 11) is 0. The Morgan fingerprint density at radius 2 is 2.12 bits per heavy atom. The average molecular weight is 238 g/mol. The van der Waals surface area contributed by atoms with Gasteiger partial charge in [-0.15, -0.1) is 0 Å². The molecule has 17 heavy (non-hydrogen) atoms. The first-order valence-corrected chi connectivity index (χ1v) is 6.05. The van der Waals surface area contributed by atoms with Crippen molar-refractivity contribution in [1.29, 1.82) is 0 Å². The zero-order chi connectivity index (χ0) is 12.4. The molecule has 0 bridgehead atoms. The van der Waals surface area contributed by atoms with E-state index in [9.17, 15) is 9.59 Å². The zero-order valence-electron chi connectivity index (χ0n) is 9.98. The van der Waals surface area contributed by atoms with Crippen molar-refractivity contribution in [2.75, 3.05) is 0 Å². The van der Waals surface area contributed by atoms with Crippen LogP contribution in [-0.2, 0) is 11.3 Å². The monoisotopic (exact) mass is 238 g/mol. The van der Waals surface area contributed by atoms with Gasteiger partial charge in [0.25, 0.3) is 0 Å². The van der Waals surface area contributed by atoms with Crippen molar-refractivity contribution in [3.05, 3.63) is 22.4 Å². The number of aromatic amines is 1. The summed E-state index contributed by atoms with van der Waals surface area (Å²) in [5.41, 5.74) is 0.873. The lowest BCUT2D eigenvalue weighted by molar-refractivity contribution is -0.143. The summed E-state index contributed by atoms with van der Waals surface area (Å²) in [5, 5.41) is 8.91. The van der Waals surface area contributed by atoms with E-state index < -0.39 is 5.97 Å². The average Bonchev–Trinajstić information content (AvgIpc) is 2.61. The lowest BCUT2D eigenvalue weighted by atomic mass is 9.82. The molecule has 1 aliphatic rings. The molecule has 5 heteroatoms. The predicted molar refractivity (Wildman–Crippen MR) is 62.9 cm³/mol. The lowest BCUT2D eigenvalue weighted by Gasteiger charge is -2.26. The van der Waals surface area contributed by atoms with E-state index >= 15 is 0 Å². The smallest absolute Gasteiger partial charge is 0.325 e. The Morgan fingerprint density at radius 3 is 2.59 bits per heavy atom. The Morgan fingerprint density at radius 1 is 1.47 bits per heavy atom. The van der Waals surface area contributed by atoms with Crippen molar-refractivity contribution in [3.8, 4) is 0 Å². The number of nitrogens with one attached hydrogen (secondary N) is 1. The number of imidazole rings is 1. The van der Waals surface area contributed by atoms with E-state index in [4.69, 9.17) is 5.11 Å². The maximum Gasteiger partial charge on any atom is 0.325 e. The van der Waals surface area contributed by atoms with Crippen LogP contribution in [0.15, 0.2) is 11.0 Å². The molecule has 0 radical (unpaired) electrons. The molecule has 2 N–H and O–H groups in total. The second kappa shape index (κ2) is 4.77. The van der Waals surface area contributed by atoms with Gasteiger partial charge in [-0.2, -0.15) is 0 Å². The number of H-pyrrole nitrogens is 1. The van der Waals surface area contributed by atoms with Crippen LogP contribution >= 0.6 is 0 Å². The number of aliphatic carboxylic acids is 1. The third-order valence-electron chi connectivity index (χ3n) is 3.71. The van der Waals surface area contributed by atoms with Crippen molar-refractivity contribution in [2.45, 2.75) is 39.2 Å². The van der Waals surface area contributed by atoms with E-state index in [2.05, 4.69) is 4.98 Å². The molecule has 0 unspecified atom stereocenters. The molecule has 2 rings (SSSR count). The molecule has 1 heterocycles. The maximum absolute atomic E-state index is 11.5. The Hall–Kier alpha value is -1.52. The third kappa shape index (κ3) is 2.60. The highest BCUT2D eigenvalue weighted by Crippen LogP contribution is 2.29. The molecule has 1 aliphatic carbocycles. The van der Waals surface area contributed by atoms with Crippen molar-refractivity contribution in [1.82, 2.24) is 9.55 Å². The second-order valence-electron chi connectivity index (χ2n) is 4.90. The Labute approximate surface area is 99.5 Å². The minimum atomic E-state index is -0.682. The van der Waals surface area contributed by atoms with Crippen LogP contribution in [0.2, 0.25) is 0 Å². The molecular weight excluding hydrogens is 220 g/mol. The van der Waals surface area contributed by atoms with Crippen molar-refractivity contribution in [2.24, 2.45) is 11.8 Å². The fraction of sp³-hybridized carbons (Fsp3) is 0.667. The van der Waals surface area contributed by atoms with Crippen LogP contribution in [0.25, 0.3) is 0 Å². The number of carboxylic acid groups (broad SMARTS) is 1. The topological polar surface area (TPSA) is 75.1 Å². The summed E-state index contributed by atoms with van der Waals surface area (Å²) >= 11 is 0. The standard InChI is InChI=1S/C12H18N2O3/c1-8-6-13-12(17)14(8)7-9-2-4-10(5-3-9)11(15)16/h6,9-10H,2-5,7H2,1H3,(H,13,17)(H,15,16). The van der Waals surface area contributed by atoms with E-state index in [1.54, 1.807) is 10.8 Å². The molecule has 0 saturated heterocycles. The maximum atomic E-state index is 11.5. The molecule has 94 valence electrons. The molecule has 1 aromatic rings. The normalized spacial score (nSPS) is 24.8. The van der Waals surface area contributed by atoms with E-state index in [0.29, 0.717) is 12.5 Å². The SMILES string of the molecule is Cc1c[nH]c(=O)n1CC1CCC(C(=O)O)CC1. The van der Waals surface area contributed by atoms with Gasteiger partial charge in [-0.3, -0.25) is 9.36 Å². The highest BCUT2D eigenvalue weighted by atomic mass is 16.4. The van der Waals surface area contributed by atoms with Gasteiger partial charge in [-0.05, 0) is 38.5 Å². The van der Waals surface area contributed by atoms with Crippen LogP contribution in [-0.4, -0.2) is 20.6 Å². The second-order valence-corrected chi connectivity index (χ2v) is 4.90. The molecule has 0 atom stereocenters. The molecule has 1 saturated carbocycles. The fourth-order valence-electron chi connectivity index (χ4n) is 2.56. The van der Waals surface area contributed by atoms with Gasteiger partial charge >= 0.3 is 11.7 Å². The lowest BCUT2D eigenvalue weighted by Crippen LogP contribution is -2.27. The van der Waals surface area contributed by atoms with E-state index in [-0.39, 0.29) is 11.6 Å². The summed E-state index contributed by atoms with van der Waals surface area (Å²) in [4.78, 5) is 25.0. The summed E-state index contributed by atoms with van der Waals surface area (Å²) in [6.45, 7) is 2.61. The number of hydrogen-bond acceptors (Lipinski definition) is 2. The number of rotatable bonds is 3. The van der Waals surface area contributed by atoms with Gasteiger partial charge < -0.3 is 10.1 Å². The number of hydrogen-bond donors (Lipinski definition) is 2. The van der Waals surface area contributed by atoms with Gasteiger partial charge in [0, 0.05) is 18.4 Å². The Balaban J connectivity index is 1.95. The first-order valence-electron chi connectivity index (χ1n) is 6.05. The van der Waals surface area contributed by atoms with E-state index in [1.165, 1.54) is 0 Å². The highest BCUT2D eigenvalue weighted by molar-refractivity contribution is 5.69. The largest absolute Gasteiger partial charge is 0.481 e. The van der Waals surface area contributed by atoms with Crippen molar-refractivity contribution in [3.63, 3.8) is 0 Å². The fourth-order valence-corrected chi connectivity index (χ4v) is 2.56. The minimum Gasteiger partial charge on any atom is -0.481 e. The van der Waals surface area contributed by atoms with Crippen LogP contribution in [0, 0.1) is 18.8 Å². The van der Waals surface area contributed by atoms with Gasteiger partial charge in [0.1, 0.15) is 0 Å². The number of carbonyl (C=O) groups is 1. The molecule has 1 aromatic heterocycles. The predicted octanol–water partition coefficient (Wildman–Crippen LogP) is 1.38. The number of nitrogens with zero attached hydrogens (tertiary/aromatic N) is 1. The minimum absolute atomic E-state index is 0.0668. The third-order valence-corrected chi connectivity index (χ3v) is 3.71. The van der Waals surface area contributed by atoms with Gasteiger partial charge in [-0.25, -0.2) is 4.79 Å². The summed E-state index contributed by atoms with van der Waals surface area (Å²) in [6, 6.07) is 0. The van der Waals surface area contributed by atoms with Gasteiger partial charge in [0.05, 0.1) is 5.92 Å². The highest BCUT2D eigenvalue weighted by Gasteiger charge is 2.26. The molecular formula is C12H18N2O3.